The summed E-state index contributed by atoms with van der Waals surface area (Å²) in [7, 11) is 3.49. The molecule has 0 spiro atoms. The third-order valence-electron chi connectivity index (χ3n) is 4.80. The molecule has 142 valence electrons. The van der Waals surface area contributed by atoms with E-state index in [1.165, 1.54) is 11.1 Å². The number of carbonyl (C=O) groups is 1. The second-order valence-corrected chi connectivity index (χ2v) is 6.59. The fraction of sp³-hybridized carbons (Fsp3) is 0.333. The van der Waals surface area contributed by atoms with E-state index < -0.39 is 6.04 Å². The monoisotopic (exact) mass is 369 g/mol. The van der Waals surface area contributed by atoms with Crippen molar-refractivity contribution in [3.63, 3.8) is 0 Å². The van der Waals surface area contributed by atoms with Gasteiger partial charge in [0.15, 0.2) is 0 Å². The Hall–Kier alpha value is -2.73. The molecular formula is C21H24FN3O2. The van der Waals surface area contributed by atoms with Crippen LogP contribution in [0.1, 0.15) is 30.5 Å². The van der Waals surface area contributed by atoms with Crippen molar-refractivity contribution in [2.45, 2.75) is 19.4 Å². The molecule has 0 radical (unpaired) electrons. The lowest BCUT2D eigenvalue weighted by molar-refractivity contribution is -0.133. The molecule has 1 amide bonds. The molecule has 27 heavy (non-hydrogen) atoms. The van der Waals surface area contributed by atoms with E-state index in [2.05, 4.69) is 5.10 Å². The van der Waals surface area contributed by atoms with E-state index in [-0.39, 0.29) is 18.3 Å². The van der Waals surface area contributed by atoms with Gasteiger partial charge in [0.1, 0.15) is 11.6 Å². The summed E-state index contributed by atoms with van der Waals surface area (Å²) in [5.41, 5.74) is 2.15. The van der Waals surface area contributed by atoms with Crippen LogP contribution in [0.3, 0.4) is 0 Å². The van der Waals surface area contributed by atoms with Gasteiger partial charge >= 0.3 is 0 Å². The lowest BCUT2D eigenvalue weighted by Gasteiger charge is -2.24. The first-order valence-corrected chi connectivity index (χ1v) is 9.00. The van der Waals surface area contributed by atoms with Crippen LogP contribution < -0.4 is 4.74 Å². The predicted octanol–water partition coefficient (Wildman–Crippen LogP) is 3.46. The van der Waals surface area contributed by atoms with Gasteiger partial charge in [0.2, 0.25) is 0 Å². The van der Waals surface area contributed by atoms with Gasteiger partial charge in [-0.05, 0) is 49.5 Å². The highest BCUT2D eigenvalue weighted by atomic mass is 19.1. The first-order valence-electron chi connectivity index (χ1n) is 9.00. The van der Waals surface area contributed by atoms with Gasteiger partial charge < -0.3 is 4.74 Å². The van der Waals surface area contributed by atoms with Gasteiger partial charge in [-0.25, -0.2) is 9.40 Å². The second kappa shape index (κ2) is 8.31. The number of hydrazone groups is 1. The number of hydrogen-bond donors (Lipinski definition) is 0. The molecule has 0 fully saturated rings. The van der Waals surface area contributed by atoms with Crippen molar-refractivity contribution >= 4 is 11.6 Å². The number of methoxy groups -OCH3 is 1. The molecule has 1 aliphatic rings. The van der Waals surface area contributed by atoms with Crippen LogP contribution in [0.4, 0.5) is 4.39 Å². The van der Waals surface area contributed by atoms with E-state index in [1.54, 1.807) is 25.3 Å². The molecule has 2 aromatic carbocycles. The lowest BCUT2D eigenvalue weighted by atomic mass is 9.98. The summed E-state index contributed by atoms with van der Waals surface area (Å²) in [6.07, 6.45) is 0.467. The Balaban J connectivity index is 1.93. The van der Waals surface area contributed by atoms with Crippen molar-refractivity contribution in [1.82, 2.24) is 9.91 Å². The molecule has 0 aromatic heterocycles. The number of amides is 1. The average molecular weight is 369 g/mol. The SMILES string of the molecule is CCN(C)CC(=O)N1N=C(c2ccc(OC)cc2)C[C@@H]1c1ccccc1F. The number of ether oxygens (including phenoxy) is 1. The number of benzene rings is 2. The topological polar surface area (TPSA) is 45.1 Å². The van der Waals surface area contributed by atoms with Crippen LogP contribution in [0, 0.1) is 5.82 Å². The number of hydrogen-bond acceptors (Lipinski definition) is 4. The maximum Gasteiger partial charge on any atom is 0.257 e. The highest BCUT2D eigenvalue weighted by Gasteiger charge is 2.34. The minimum atomic E-state index is -0.443. The summed E-state index contributed by atoms with van der Waals surface area (Å²) >= 11 is 0. The Bertz CT molecular complexity index is 836. The summed E-state index contributed by atoms with van der Waals surface area (Å²) in [5, 5.41) is 6.00. The van der Waals surface area contributed by atoms with E-state index in [9.17, 15) is 9.18 Å². The van der Waals surface area contributed by atoms with Crippen LogP contribution in [0.5, 0.6) is 5.75 Å². The first kappa shape index (κ1) is 19.0. The van der Waals surface area contributed by atoms with Crippen LogP contribution in [-0.4, -0.2) is 48.8 Å². The molecule has 6 heteroatoms. The second-order valence-electron chi connectivity index (χ2n) is 6.59. The van der Waals surface area contributed by atoms with Crippen molar-refractivity contribution in [1.29, 1.82) is 0 Å². The fourth-order valence-corrected chi connectivity index (χ4v) is 3.10. The summed E-state index contributed by atoms with van der Waals surface area (Å²) in [6, 6.07) is 13.6. The molecule has 0 N–H and O–H groups in total. The third kappa shape index (κ3) is 4.17. The number of halogens is 1. The number of rotatable bonds is 6. The smallest absolute Gasteiger partial charge is 0.257 e. The van der Waals surface area contributed by atoms with E-state index >= 15 is 0 Å². The Morgan fingerprint density at radius 2 is 1.96 bits per heavy atom. The van der Waals surface area contributed by atoms with Crippen molar-refractivity contribution < 1.29 is 13.9 Å². The zero-order valence-electron chi connectivity index (χ0n) is 15.9. The highest BCUT2D eigenvalue weighted by molar-refractivity contribution is 6.03. The molecule has 0 bridgehead atoms. The van der Waals surface area contributed by atoms with Gasteiger partial charge in [0.05, 0.1) is 25.4 Å². The quantitative estimate of drug-likeness (QED) is 0.783. The van der Waals surface area contributed by atoms with Gasteiger partial charge in [-0.3, -0.25) is 9.69 Å². The van der Waals surface area contributed by atoms with Gasteiger partial charge in [0, 0.05) is 12.0 Å². The number of carbonyl (C=O) groups excluding carboxylic acids is 1. The third-order valence-corrected chi connectivity index (χ3v) is 4.80. The van der Waals surface area contributed by atoms with Crippen LogP contribution in [0.25, 0.3) is 0 Å². The molecule has 0 aliphatic carbocycles. The number of likely N-dealkylation sites (N-methyl/N-ethyl adjacent to an activating group) is 1. The molecule has 1 aliphatic heterocycles. The molecule has 5 nitrogen and oxygen atoms in total. The highest BCUT2D eigenvalue weighted by Crippen LogP contribution is 2.34. The predicted molar refractivity (Wildman–Crippen MR) is 103 cm³/mol. The molecule has 1 atom stereocenters. The van der Waals surface area contributed by atoms with Crippen molar-refractivity contribution in [3.8, 4) is 5.75 Å². The number of nitrogens with zero attached hydrogens (tertiary/aromatic N) is 3. The summed E-state index contributed by atoms with van der Waals surface area (Å²) in [4.78, 5) is 14.7. The largest absolute Gasteiger partial charge is 0.497 e. The standard InChI is InChI=1S/C21H24FN3O2/c1-4-24(2)14-21(26)25-20(17-7-5-6-8-18(17)22)13-19(23-25)15-9-11-16(27-3)12-10-15/h5-12,20H,4,13-14H2,1-3H3/t20-/m1/s1. The van der Waals surface area contributed by atoms with E-state index in [0.717, 1.165) is 23.6 Å². The van der Waals surface area contributed by atoms with Gasteiger partial charge in [-0.15, -0.1) is 0 Å². The lowest BCUT2D eigenvalue weighted by Crippen LogP contribution is -2.36. The maximum atomic E-state index is 14.4. The van der Waals surface area contributed by atoms with Gasteiger partial charge in [-0.1, -0.05) is 25.1 Å². The molecule has 0 saturated heterocycles. The Morgan fingerprint density at radius 3 is 2.59 bits per heavy atom. The van der Waals surface area contributed by atoms with E-state index in [4.69, 9.17) is 4.74 Å². The van der Waals surface area contributed by atoms with Gasteiger partial charge in [0.25, 0.3) is 5.91 Å². The van der Waals surface area contributed by atoms with Crippen LogP contribution in [-0.2, 0) is 4.79 Å². The minimum absolute atomic E-state index is 0.142. The molecule has 1 heterocycles. The zero-order valence-corrected chi connectivity index (χ0v) is 15.9. The Morgan fingerprint density at radius 1 is 1.26 bits per heavy atom. The Labute approximate surface area is 159 Å². The minimum Gasteiger partial charge on any atom is -0.497 e. The summed E-state index contributed by atoms with van der Waals surface area (Å²) in [5.74, 6) is 0.284. The van der Waals surface area contributed by atoms with Crippen LogP contribution >= 0.6 is 0 Å². The molecular weight excluding hydrogens is 345 g/mol. The van der Waals surface area contributed by atoms with Crippen LogP contribution in [0.2, 0.25) is 0 Å². The molecule has 0 saturated carbocycles. The van der Waals surface area contributed by atoms with Crippen molar-refractivity contribution in [2.24, 2.45) is 5.10 Å². The Kier molecular flexibility index (Phi) is 5.86. The van der Waals surface area contributed by atoms with Crippen molar-refractivity contribution in [2.75, 3.05) is 27.2 Å². The normalized spacial score (nSPS) is 16.6. The molecule has 3 rings (SSSR count). The summed E-state index contributed by atoms with van der Waals surface area (Å²) in [6.45, 7) is 2.97. The maximum absolute atomic E-state index is 14.4. The molecule has 2 aromatic rings. The van der Waals surface area contributed by atoms with Gasteiger partial charge in [-0.2, -0.15) is 5.10 Å². The van der Waals surface area contributed by atoms with Crippen molar-refractivity contribution in [3.05, 3.63) is 65.5 Å². The first-order chi connectivity index (χ1) is 13.0. The van der Waals surface area contributed by atoms with Crippen LogP contribution in [0.15, 0.2) is 53.6 Å². The average Bonchev–Trinajstić information content (AvgIpc) is 3.13. The molecule has 0 unspecified atom stereocenters. The van der Waals surface area contributed by atoms with E-state index in [1.807, 2.05) is 43.1 Å². The summed E-state index contributed by atoms with van der Waals surface area (Å²) < 4.78 is 19.6. The fourth-order valence-electron chi connectivity index (χ4n) is 3.10. The zero-order chi connectivity index (χ0) is 19.4. The van der Waals surface area contributed by atoms with E-state index in [0.29, 0.717) is 12.0 Å².